The van der Waals surface area contributed by atoms with Gasteiger partial charge in [0.25, 0.3) is 0 Å². The molecule has 4 N–H and O–H groups in total. The molecule has 21 heavy (non-hydrogen) atoms. The van der Waals surface area contributed by atoms with Gasteiger partial charge in [-0.3, -0.25) is 0 Å². The fraction of sp³-hybridized carbons (Fsp3) is 0.235. The monoisotopic (exact) mass is 283 g/mol. The third-order valence-corrected chi connectivity index (χ3v) is 3.51. The number of amidine groups is 1. The lowest BCUT2D eigenvalue weighted by Gasteiger charge is -2.13. The van der Waals surface area contributed by atoms with E-state index in [2.05, 4.69) is 41.7 Å². The number of hydrogen-bond donors (Lipinski definition) is 3. The van der Waals surface area contributed by atoms with Crippen LogP contribution in [0.2, 0.25) is 0 Å². The first-order valence-electron chi connectivity index (χ1n) is 7.03. The normalized spacial score (nSPS) is 13.1. The molecule has 0 radical (unpaired) electrons. The lowest BCUT2D eigenvalue weighted by Crippen LogP contribution is -2.19. The molecule has 0 aliphatic heterocycles. The number of nitrogens with two attached hydrogens (primary N) is 1. The molecule has 2 aromatic rings. The third-order valence-electron chi connectivity index (χ3n) is 3.51. The average Bonchev–Trinajstić information content (AvgIpc) is 2.55. The zero-order valence-corrected chi connectivity index (χ0v) is 12.2. The molecule has 0 amide bonds. The van der Waals surface area contributed by atoms with Gasteiger partial charge in [0.1, 0.15) is 0 Å². The average molecular weight is 283 g/mol. The SMILES string of the molecule is CC(CNCc1ccc(/C(N)=N/O)cc1)c1ccccc1. The smallest absolute Gasteiger partial charge is 0.170 e. The summed E-state index contributed by atoms with van der Waals surface area (Å²) in [6, 6.07) is 18.1. The first-order chi connectivity index (χ1) is 10.2. The van der Waals surface area contributed by atoms with Gasteiger partial charge in [-0.25, -0.2) is 0 Å². The summed E-state index contributed by atoms with van der Waals surface area (Å²) < 4.78 is 0. The summed E-state index contributed by atoms with van der Waals surface area (Å²) in [5, 5.41) is 15.1. The predicted octanol–water partition coefficient (Wildman–Crippen LogP) is 2.67. The second-order valence-corrected chi connectivity index (χ2v) is 5.12. The van der Waals surface area contributed by atoms with Crippen molar-refractivity contribution in [1.29, 1.82) is 0 Å². The standard InChI is InChI=1S/C17H21N3O/c1-13(15-5-3-2-4-6-15)11-19-12-14-7-9-16(10-8-14)17(18)20-21/h2-10,13,19,21H,11-12H2,1H3,(H2,18,20). The molecule has 1 unspecified atom stereocenters. The number of rotatable bonds is 6. The highest BCUT2D eigenvalue weighted by Gasteiger charge is 2.04. The Morgan fingerprint density at radius 2 is 1.81 bits per heavy atom. The van der Waals surface area contributed by atoms with Crippen molar-refractivity contribution in [3.8, 4) is 0 Å². The number of benzene rings is 2. The lowest BCUT2D eigenvalue weighted by molar-refractivity contribution is 0.318. The largest absolute Gasteiger partial charge is 0.409 e. The van der Waals surface area contributed by atoms with E-state index in [4.69, 9.17) is 10.9 Å². The second-order valence-electron chi connectivity index (χ2n) is 5.12. The van der Waals surface area contributed by atoms with Crippen LogP contribution < -0.4 is 11.1 Å². The van der Waals surface area contributed by atoms with Gasteiger partial charge in [0.15, 0.2) is 5.84 Å². The molecule has 0 aliphatic rings. The van der Waals surface area contributed by atoms with Crippen LogP contribution in [0.3, 0.4) is 0 Å². The number of nitrogens with one attached hydrogen (secondary N) is 1. The van der Waals surface area contributed by atoms with Crippen molar-refractivity contribution in [2.24, 2.45) is 10.9 Å². The Balaban J connectivity index is 1.83. The number of hydrogen-bond acceptors (Lipinski definition) is 3. The van der Waals surface area contributed by atoms with Crippen LogP contribution >= 0.6 is 0 Å². The molecule has 0 aromatic heterocycles. The Morgan fingerprint density at radius 1 is 1.14 bits per heavy atom. The summed E-state index contributed by atoms with van der Waals surface area (Å²) in [6.45, 7) is 3.93. The molecule has 0 bridgehead atoms. The zero-order valence-electron chi connectivity index (χ0n) is 12.2. The summed E-state index contributed by atoms with van der Waals surface area (Å²) in [5.41, 5.74) is 8.77. The van der Waals surface area contributed by atoms with Crippen LogP contribution in [-0.2, 0) is 6.54 Å². The first kappa shape index (κ1) is 15.1. The molecule has 0 aliphatic carbocycles. The molecule has 4 heteroatoms. The van der Waals surface area contributed by atoms with E-state index in [1.54, 1.807) is 0 Å². The molecule has 4 nitrogen and oxygen atoms in total. The number of nitrogens with zero attached hydrogens (tertiary/aromatic N) is 1. The van der Waals surface area contributed by atoms with Crippen molar-refractivity contribution in [2.75, 3.05) is 6.54 Å². The van der Waals surface area contributed by atoms with E-state index in [1.165, 1.54) is 11.1 Å². The number of oxime groups is 1. The minimum absolute atomic E-state index is 0.132. The van der Waals surface area contributed by atoms with Gasteiger partial charge < -0.3 is 16.3 Å². The maximum Gasteiger partial charge on any atom is 0.170 e. The third kappa shape index (κ3) is 4.33. The molecule has 0 heterocycles. The summed E-state index contributed by atoms with van der Waals surface area (Å²) in [6.07, 6.45) is 0. The van der Waals surface area contributed by atoms with E-state index < -0.39 is 0 Å². The maximum absolute atomic E-state index is 8.62. The molecule has 110 valence electrons. The minimum Gasteiger partial charge on any atom is -0.409 e. The van der Waals surface area contributed by atoms with Crippen molar-refractivity contribution in [1.82, 2.24) is 5.32 Å². The van der Waals surface area contributed by atoms with Crippen LogP contribution in [0.15, 0.2) is 59.8 Å². The first-order valence-corrected chi connectivity index (χ1v) is 7.03. The Hall–Kier alpha value is -2.33. The van der Waals surface area contributed by atoms with Crippen LogP contribution in [0, 0.1) is 0 Å². The molecule has 0 spiro atoms. The minimum atomic E-state index is 0.132. The Bertz CT molecular complexity index is 579. The van der Waals surface area contributed by atoms with Gasteiger partial charge in [0, 0.05) is 18.7 Å². The molecule has 0 fully saturated rings. The molecular formula is C17H21N3O. The molecule has 2 rings (SSSR count). The summed E-state index contributed by atoms with van der Waals surface area (Å²) in [5.74, 6) is 0.606. The summed E-state index contributed by atoms with van der Waals surface area (Å²) >= 11 is 0. The van der Waals surface area contributed by atoms with E-state index in [0.717, 1.165) is 18.7 Å². The highest BCUT2D eigenvalue weighted by atomic mass is 16.4. The van der Waals surface area contributed by atoms with Crippen LogP contribution in [0.25, 0.3) is 0 Å². The van der Waals surface area contributed by atoms with Gasteiger partial charge in [-0.15, -0.1) is 0 Å². The Labute approximate surface area is 125 Å². The van der Waals surface area contributed by atoms with E-state index in [-0.39, 0.29) is 5.84 Å². The van der Waals surface area contributed by atoms with Gasteiger partial charge in [0.05, 0.1) is 0 Å². The molecule has 1 atom stereocenters. The van der Waals surface area contributed by atoms with E-state index in [9.17, 15) is 0 Å². The van der Waals surface area contributed by atoms with Crippen molar-refractivity contribution in [2.45, 2.75) is 19.4 Å². The highest BCUT2D eigenvalue weighted by molar-refractivity contribution is 5.96. The van der Waals surface area contributed by atoms with Gasteiger partial charge in [-0.05, 0) is 17.0 Å². The molecule has 2 aromatic carbocycles. The summed E-state index contributed by atoms with van der Waals surface area (Å²) in [4.78, 5) is 0. The van der Waals surface area contributed by atoms with Crippen molar-refractivity contribution in [3.05, 3.63) is 71.3 Å². The van der Waals surface area contributed by atoms with Crippen LogP contribution in [0.1, 0.15) is 29.5 Å². The lowest BCUT2D eigenvalue weighted by atomic mass is 10.0. The van der Waals surface area contributed by atoms with Crippen LogP contribution in [0.5, 0.6) is 0 Å². The zero-order chi connectivity index (χ0) is 15.1. The van der Waals surface area contributed by atoms with Crippen LogP contribution in [-0.4, -0.2) is 17.6 Å². The van der Waals surface area contributed by atoms with E-state index >= 15 is 0 Å². The quantitative estimate of drug-likeness (QED) is 0.330. The fourth-order valence-corrected chi connectivity index (χ4v) is 2.18. The fourth-order valence-electron chi connectivity index (χ4n) is 2.18. The Kier molecular flexibility index (Phi) is 5.35. The maximum atomic E-state index is 8.62. The highest BCUT2D eigenvalue weighted by Crippen LogP contribution is 2.13. The van der Waals surface area contributed by atoms with E-state index in [1.807, 2.05) is 30.3 Å². The Morgan fingerprint density at radius 3 is 2.43 bits per heavy atom. The van der Waals surface area contributed by atoms with Crippen molar-refractivity contribution in [3.63, 3.8) is 0 Å². The van der Waals surface area contributed by atoms with Gasteiger partial charge in [-0.2, -0.15) is 0 Å². The predicted molar refractivity (Wildman–Crippen MR) is 85.5 cm³/mol. The van der Waals surface area contributed by atoms with Gasteiger partial charge >= 0.3 is 0 Å². The second kappa shape index (κ2) is 7.45. The topological polar surface area (TPSA) is 70.6 Å². The molecule has 0 saturated carbocycles. The van der Waals surface area contributed by atoms with E-state index in [0.29, 0.717) is 5.92 Å². The van der Waals surface area contributed by atoms with Crippen molar-refractivity contribution >= 4 is 5.84 Å². The summed E-state index contributed by atoms with van der Waals surface area (Å²) in [7, 11) is 0. The van der Waals surface area contributed by atoms with Gasteiger partial charge in [-0.1, -0.05) is 66.7 Å². The van der Waals surface area contributed by atoms with Crippen LogP contribution in [0.4, 0.5) is 0 Å². The van der Waals surface area contributed by atoms with Gasteiger partial charge in [0.2, 0.25) is 0 Å². The molecule has 0 saturated heterocycles. The molecular weight excluding hydrogens is 262 g/mol. The van der Waals surface area contributed by atoms with Crippen molar-refractivity contribution < 1.29 is 5.21 Å².